The summed E-state index contributed by atoms with van der Waals surface area (Å²) in [4.78, 5) is 2.56. The summed E-state index contributed by atoms with van der Waals surface area (Å²) in [6, 6.07) is 12.7. The van der Waals surface area contributed by atoms with Crippen LogP contribution in [-0.2, 0) is 0 Å². The molecule has 2 aromatic carbocycles. The Bertz CT molecular complexity index is 547. The van der Waals surface area contributed by atoms with Crippen molar-refractivity contribution in [2.45, 2.75) is 30.6 Å². The third-order valence-corrected chi connectivity index (χ3v) is 3.96. The minimum atomic E-state index is 0.857. The summed E-state index contributed by atoms with van der Waals surface area (Å²) in [6.45, 7) is 6.31. The Morgan fingerprint density at radius 2 is 1.65 bits per heavy atom. The Kier molecular flexibility index (Phi) is 3.43. The SMILES string of the molecule is Cc1ccc(C)c(Sc2ccc(N)c(C)c2)c1. The van der Waals surface area contributed by atoms with Gasteiger partial charge in [-0.05, 0) is 61.7 Å². The van der Waals surface area contributed by atoms with Crippen LogP contribution < -0.4 is 5.73 Å². The Morgan fingerprint density at radius 1 is 0.882 bits per heavy atom. The van der Waals surface area contributed by atoms with Crippen molar-refractivity contribution >= 4 is 17.4 Å². The molecule has 88 valence electrons. The molecule has 0 unspecified atom stereocenters. The number of hydrogen-bond acceptors (Lipinski definition) is 2. The first kappa shape index (κ1) is 12.1. The molecule has 0 fully saturated rings. The van der Waals surface area contributed by atoms with Gasteiger partial charge in [-0.3, -0.25) is 0 Å². The van der Waals surface area contributed by atoms with Gasteiger partial charge in [0.15, 0.2) is 0 Å². The van der Waals surface area contributed by atoms with Gasteiger partial charge in [0, 0.05) is 15.5 Å². The number of hydrogen-bond donors (Lipinski definition) is 1. The predicted molar refractivity (Wildman–Crippen MR) is 75.6 cm³/mol. The minimum Gasteiger partial charge on any atom is -0.399 e. The maximum absolute atomic E-state index is 5.83. The first-order valence-corrected chi connectivity index (χ1v) is 6.49. The van der Waals surface area contributed by atoms with E-state index < -0.39 is 0 Å². The van der Waals surface area contributed by atoms with Crippen LogP contribution in [-0.4, -0.2) is 0 Å². The molecule has 17 heavy (non-hydrogen) atoms. The average Bonchev–Trinajstić information content (AvgIpc) is 2.29. The quantitative estimate of drug-likeness (QED) is 0.794. The largest absolute Gasteiger partial charge is 0.399 e. The van der Waals surface area contributed by atoms with Crippen molar-refractivity contribution in [3.63, 3.8) is 0 Å². The zero-order chi connectivity index (χ0) is 12.4. The minimum absolute atomic E-state index is 0.857. The first-order valence-electron chi connectivity index (χ1n) is 5.67. The summed E-state index contributed by atoms with van der Waals surface area (Å²) < 4.78 is 0. The highest BCUT2D eigenvalue weighted by Crippen LogP contribution is 2.32. The summed E-state index contributed by atoms with van der Waals surface area (Å²) >= 11 is 1.80. The molecule has 0 bridgehead atoms. The van der Waals surface area contributed by atoms with Crippen molar-refractivity contribution in [3.8, 4) is 0 Å². The Morgan fingerprint density at radius 3 is 2.35 bits per heavy atom. The van der Waals surface area contributed by atoms with Gasteiger partial charge < -0.3 is 5.73 Å². The molecule has 0 saturated heterocycles. The molecule has 0 heterocycles. The lowest BCUT2D eigenvalue weighted by Crippen LogP contribution is -1.89. The highest BCUT2D eigenvalue weighted by Gasteiger charge is 2.03. The third-order valence-electron chi connectivity index (χ3n) is 2.81. The molecule has 0 radical (unpaired) electrons. The van der Waals surface area contributed by atoms with Crippen molar-refractivity contribution in [3.05, 3.63) is 53.1 Å². The Labute approximate surface area is 107 Å². The lowest BCUT2D eigenvalue weighted by molar-refractivity contribution is 1.25. The molecular formula is C15H17NS. The van der Waals surface area contributed by atoms with Gasteiger partial charge in [-0.2, -0.15) is 0 Å². The van der Waals surface area contributed by atoms with E-state index in [2.05, 4.69) is 44.2 Å². The molecule has 0 aliphatic carbocycles. The summed E-state index contributed by atoms with van der Waals surface area (Å²) in [5.41, 5.74) is 10.4. The van der Waals surface area contributed by atoms with Gasteiger partial charge in [0.1, 0.15) is 0 Å². The number of nitrogen functional groups attached to an aromatic ring is 1. The summed E-state index contributed by atoms with van der Waals surface area (Å²) in [5.74, 6) is 0. The summed E-state index contributed by atoms with van der Waals surface area (Å²) in [6.07, 6.45) is 0. The highest BCUT2D eigenvalue weighted by molar-refractivity contribution is 7.99. The fraction of sp³-hybridized carbons (Fsp3) is 0.200. The molecule has 2 heteroatoms. The van der Waals surface area contributed by atoms with Gasteiger partial charge in [-0.25, -0.2) is 0 Å². The van der Waals surface area contributed by atoms with Gasteiger partial charge in [0.2, 0.25) is 0 Å². The Balaban J connectivity index is 2.31. The number of nitrogens with two attached hydrogens (primary N) is 1. The van der Waals surface area contributed by atoms with Crippen LogP contribution in [0.4, 0.5) is 5.69 Å². The van der Waals surface area contributed by atoms with E-state index in [4.69, 9.17) is 5.73 Å². The molecule has 1 nitrogen and oxygen atoms in total. The topological polar surface area (TPSA) is 26.0 Å². The normalized spacial score (nSPS) is 10.5. The summed E-state index contributed by atoms with van der Waals surface area (Å²) in [7, 11) is 0. The van der Waals surface area contributed by atoms with E-state index >= 15 is 0 Å². The molecule has 0 amide bonds. The van der Waals surface area contributed by atoms with Crippen molar-refractivity contribution in [2.24, 2.45) is 0 Å². The number of rotatable bonds is 2. The molecule has 0 aliphatic rings. The number of anilines is 1. The molecule has 2 rings (SSSR count). The monoisotopic (exact) mass is 243 g/mol. The first-order chi connectivity index (χ1) is 8.06. The van der Waals surface area contributed by atoms with Crippen molar-refractivity contribution in [1.29, 1.82) is 0 Å². The second kappa shape index (κ2) is 4.84. The van der Waals surface area contributed by atoms with Crippen LogP contribution in [0.15, 0.2) is 46.2 Å². The van der Waals surface area contributed by atoms with E-state index in [0.29, 0.717) is 0 Å². The predicted octanol–water partition coefficient (Wildman–Crippen LogP) is 4.35. The average molecular weight is 243 g/mol. The van der Waals surface area contributed by atoms with E-state index in [9.17, 15) is 0 Å². The third kappa shape index (κ3) is 2.83. The van der Waals surface area contributed by atoms with Crippen LogP contribution in [0.2, 0.25) is 0 Å². The van der Waals surface area contributed by atoms with Crippen molar-refractivity contribution in [2.75, 3.05) is 5.73 Å². The van der Waals surface area contributed by atoms with Gasteiger partial charge in [0.05, 0.1) is 0 Å². The van der Waals surface area contributed by atoms with E-state index in [-0.39, 0.29) is 0 Å². The zero-order valence-electron chi connectivity index (χ0n) is 10.4. The second-order valence-electron chi connectivity index (χ2n) is 4.39. The van der Waals surface area contributed by atoms with Gasteiger partial charge in [-0.15, -0.1) is 0 Å². The van der Waals surface area contributed by atoms with Gasteiger partial charge in [-0.1, -0.05) is 23.9 Å². The van der Waals surface area contributed by atoms with Crippen LogP contribution in [0, 0.1) is 20.8 Å². The maximum atomic E-state index is 5.83. The molecular weight excluding hydrogens is 226 g/mol. The van der Waals surface area contributed by atoms with E-state index in [1.807, 2.05) is 13.0 Å². The fourth-order valence-electron chi connectivity index (χ4n) is 1.66. The van der Waals surface area contributed by atoms with E-state index in [1.54, 1.807) is 11.8 Å². The van der Waals surface area contributed by atoms with Gasteiger partial charge >= 0.3 is 0 Å². The van der Waals surface area contributed by atoms with E-state index in [0.717, 1.165) is 11.3 Å². The molecule has 0 aliphatic heterocycles. The molecule has 0 aromatic heterocycles. The highest BCUT2D eigenvalue weighted by atomic mass is 32.2. The van der Waals surface area contributed by atoms with Crippen LogP contribution in [0.25, 0.3) is 0 Å². The molecule has 0 saturated carbocycles. The standard InChI is InChI=1S/C15H17NS/c1-10-4-5-11(2)15(8-10)17-13-6-7-14(16)12(3)9-13/h4-9H,16H2,1-3H3. The number of benzene rings is 2. The van der Waals surface area contributed by atoms with Crippen LogP contribution in [0.1, 0.15) is 16.7 Å². The molecule has 2 aromatic rings. The lowest BCUT2D eigenvalue weighted by atomic mass is 10.2. The zero-order valence-corrected chi connectivity index (χ0v) is 11.3. The smallest absolute Gasteiger partial charge is 0.0344 e. The summed E-state index contributed by atoms with van der Waals surface area (Å²) in [5, 5.41) is 0. The molecule has 0 atom stereocenters. The van der Waals surface area contributed by atoms with E-state index in [1.165, 1.54) is 20.9 Å². The Hall–Kier alpha value is -1.41. The second-order valence-corrected chi connectivity index (χ2v) is 5.50. The lowest BCUT2D eigenvalue weighted by Gasteiger charge is -2.08. The number of aryl methyl sites for hydroxylation is 3. The molecule has 0 spiro atoms. The van der Waals surface area contributed by atoms with Crippen LogP contribution in [0.5, 0.6) is 0 Å². The fourth-order valence-corrected chi connectivity index (χ4v) is 2.76. The van der Waals surface area contributed by atoms with Gasteiger partial charge in [0.25, 0.3) is 0 Å². The van der Waals surface area contributed by atoms with Crippen LogP contribution >= 0.6 is 11.8 Å². The molecule has 2 N–H and O–H groups in total. The maximum Gasteiger partial charge on any atom is 0.0344 e. The van der Waals surface area contributed by atoms with Crippen LogP contribution in [0.3, 0.4) is 0 Å². The van der Waals surface area contributed by atoms with Crippen molar-refractivity contribution in [1.82, 2.24) is 0 Å². The van der Waals surface area contributed by atoms with Crippen molar-refractivity contribution < 1.29 is 0 Å².